The molecule has 1 aliphatic carbocycles. The summed E-state index contributed by atoms with van der Waals surface area (Å²) in [4.78, 5) is 0. The van der Waals surface area contributed by atoms with Crippen LogP contribution in [-0.4, -0.2) is 13.1 Å². The third-order valence-corrected chi connectivity index (χ3v) is 3.15. The lowest BCUT2D eigenvalue weighted by molar-refractivity contribution is 0.470. The lowest BCUT2D eigenvalue weighted by Crippen LogP contribution is -2.27. The van der Waals surface area contributed by atoms with Crippen LogP contribution >= 0.6 is 0 Å². The molecule has 1 aromatic carbocycles. The minimum Gasteiger partial charge on any atom is -0.317 e. The molecule has 0 amide bonds. The van der Waals surface area contributed by atoms with Crippen LogP contribution in [0, 0.1) is 5.92 Å². The Balaban J connectivity index is 1.81. The number of benzene rings is 1. The van der Waals surface area contributed by atoms with Crippen LogP contribution in [0.1, 0.15) is 24.8 Å². The molecule has 0 heterocycles. The standard InChI is InChI=1S/C13H19N/c1-14-13(12-8-9-12)10-7-11-5-3-2-4-6-11/h2-6,12-14H,7-10H2,1H3. The highest BCUT2D eigenvalue weighted by Gasteiger charge is 2.29. The van der Waals surface area contributed by atoms with E-state index in [0.29, 0.717) is 0 Å². The monoisotopic (exact) mass is 189 g/mol. The Labute approximate surface area is 86.5 Å². The van der Waals surface area contributed by atoms with E-state index in [1.54, 1.807) is 0 Å². The molecule has 14 heavy (non-hydrogen) atoms. The van der Waals surface area contributed by atoms with Crippen molar-refractivity contribution in [2.75, 3.05) is 7.05 Å². The highest BCUT2D eigenvalue weighted by molar-refractivity contribution is 5.14. The molecule has 1 aromatic rings. The van der Waals surface area contributed by atoms with Crippen molar-refractivity contribution in [2.24, 2.45) is 5.92 Å². The van der Waals surface area contributed by atoms with Crippen LogP contribution in [0.4, 0.5) is 0 Å². The zero-order valence-corrected chi connectivity index (χ0v) is 8.87. The van der Waals surface area contributed by atoms with Gasteiger partial charge in [0, 0.05) is 6.04 Å². The van der Waals surface area contributed by atoms with E-state index in [9.17, 15) is 0 Å². The molecule has 0 aromatic heterocycles. The normalized spacial score (nSPS) is 18.1. The second kappa shape index (κ2) is 4.61. The molecule has 0 spiro atoms. The van der Waals surface area contributed by atoms with Crippen LogP contribution in [-0.2, 0) is 6.42 Å². The fourth-order valence-corrected chi connectivity index (χ4v) is 2.08. The van der Waals surface area contributed by atoms with E-state index in [2.05, 4.69) is 42.7 Å². The summed E-state index contributed by atoms with van der Waals surface area (Å²) in [5.74, 6) is 0.962. The maximum absolute atomic E-state index is 3.43. The Bertz CT molecular complexity index is 264. The fraction of sp³-hybridized carbons (Fsp3) is 0.538. The van der Waals surface area contributed by atoms with Crippen molar-refractivity contribution < 1.29 is 0 Å². The molecule has 2 rings (SSSR count). The number of hydrogen-bond acceptors (Lipinski definition) is 1. The molecule has 0 bridgehead atoms. The molecule has 0 saturated heterocycles. The van der Waals surface area contributed by atoms with Gasteiger partial charge in [0.1, 0.15) is 0 Å². The highest BCUT2D eigenvalue weighted by atomic mass is 14.9. The van der Waals surface area contributed by atoms with E-state index in [-0.39, 0.29) is 0 Å². The van der Waals surface area contributed by atoms with Gasteiger partial charge in [-0.25, -0.2) is 0 Å². The lowest BCUT2D eigenvalue weighted by Gasteiger charge is -2.14. The van der Waals surface area contributed by atoms with Crippen LogP contribution in [0.25, 0.3) is 0 Å². The first-order valence-corrected chi connectivity index (χ1v) is 5.61. The number of rotatable bonds is 5. The topological polar surface area (TPSA) is 12.0 Å². The van der Waals surface area contributed by atoms with Crippen LogP contribution in [0.2, 0.25) is 0 Å². The molecule has 1 atom stereocenters. The van der Waals surface area contributed by atoms with E-state index in [1.807, 2.05) is 0 Å². The molecule has 0 aliphatic heterocycles. The summed E-state index contributed by atoms with van der Waals surface area (Å²) < 4.78 is 0. The first-order chi connectivity index (χ1) is 6.90. The zero-order valence-electron chi connectivity index (χ0n) is 8.87. The van der Waals surface area contributed by atoms with Crippen molar-refractivity contribution in [3.8, 4) is 0 Å². The minimum absolute atomic E-state index is 0.746. The van der Waals surface area contributed by atoms with Gasteiger partial charge in [0.15, 0.2) is 0 Å². The Morgan fingerprint density at radius 1 is 1.29 bits per heavy atom. The van der Waals surface area contributed by atoms with Gasteiger partial charge in [-0.3, -0.25) is 0 Å². The summed E-state index contributed by atoms with van der Waals surface area (Å²) in [5.41, 5.74) is 1.47. The van der Waals surface area contributed by atoms with Crippen LogP contribution < -0.4 is 5.32 Å². The fourth-order valence-electron chi connectivity index (χ4n) is 2.08. The van der Waals surface area contributed by atoms with E-state index in [4.69, 9.17) is 0 Å². The van der Waals surface area contributed by atoms with Crippen molar-refractivity contribution in [1.29, 1.82) is 0 Å². The van der Waals surface area contributed by atoms with Gasteiger partial charge in [-0.1, -0.05) is 30.3 Å². The average molecular weight is 189 g/mol. The molecule has 1 nitrogen and oxygen atoms in total. The molecule has 1 aliphatic rings. The third-order valence-electron chi connectivity index (χ3n) is 3.15. The van der Waals surface area contributed by atoms with Crippen molar-refractivity contribution in [2.45, 2.75) is 31.7 Å². The maximum atomic E-state index is 3.43. The van der Waals surface area contributed by atoms with Gasteiger partial charge < -0.3 is 5.32 Å². The van der Waals surface area contributed by atoms with Gasteiger partial charge in [-0.05, 0) is 44.2 Å². The van der Waals surface area contributed by atoms with Crippen LogP contribution in [0.3, 0.4) is 0 Å². The summed E-state index contributed by atoms with van der Waals surface area (Å²) in [6.45, 7) is 0. The molecule has 1 fully saturated rings. The van der Waals surface area contributed by atoms with E-state index < -0.39 is 0 Å². The third kappa shape index (κ3) is 2.58. The minimum atomic E-state index is 0.746. The smallest absolute Gasteiger partial charge is 0.00954 e. The van der Waals surface area contributed by atoms with Crippen molar-refractivity contribution in [3.05, 3.63) is 35.9 Å². The Morgan fingerprint density at radius 2 is 2.00 bits per heavy atom. The largest absolute Gasteiger partial charge is 0.317 e. The molecule has 1 heteroatoms. The van der Waals surface area contributed by atoms with Crippen molar-refractivity contribution in [1.82, 2.24) is 5.32 Å². The second-order valence-electron chi connectivity index (χ2n) is 4.26. The van der Waals surface area contributed by atoms with Crippen LogP contribution in [0.15, 0.2) is 30.3 Å². The van der Waals surface area contributed by atoms with E-state index >= 15 is 0 Å². The summed E-state index contributed by atoms with van der Waals surface area (Å²) >= 11 is 0. The number of nitrogens with one attached hydrogen (secondary N) is 1. The first kappa shape index (κ1) is 9.72. The molecule has 1 N–H and O–H groups in total. The zero-order chi connectivity index (χ0) is 9.80. The first-order valence-electron chi connectivity index (χ1n) is 5.61. The van der Waals surface area contributed by atoms with E-state index in [1.165, 1.54) is 31.2 Å². The number of hydrogen-bond donors (Lipinski definition) is 1. The summed E-state index contributed by atoms with van der Waals surface area (Å²) in [7, 11) is 2.09. The summed E-state index contributed by atoms with van der Waals surface area (Å²) in [6.07, 6.45) is 5.36. The summed E-state index contributed by atoms with van der Waals surface area (Å²) in [5, 5.41) is 3.43. The Hall–Kier alpha value is -0.820. The average Bonchev–Trinajstić information content (AvgIpc) is 3.05. The van der Waals surface area contributed by atoms with Gasteiger partial charge in [0.25, 0.3) is 0 Å². The van der Waals surface area contributed by atoms with E-state index in [0.717, 1.165) is 12.0 Å². The van der Waals surface area contributed by atoms with Gasteiger partial charge in [-0.15, -0.1) is 0 Å². The quantitative estimate of drug-likeness (QED) is 0.750. The molecular weight excluding hydrogens is 170 g/mol. The molecule has 76 valence electrons. The molecule has 0 radical (unpaired) electrons. The van der Waals surface area contributed by atoms with Crippen LogP contribution in [0.5, 0.6) is 0 Å². The number of aryl methyl sites for hydroxylation is 1. The SMILES string of the molecule is CNC(CCc1ccccc1)C1CC1. The van der Waals surface area contributed by atoms with Gasteiger partial charge in [0.2, 0.25) is 0 Å². The van der Waals surface area contributed by atoms with Crippen molar-refractivity contribution in [3.63, 3.8) is 0 Å². The summed E-state index contributed by atoms with van der Waals surface area (Å²) in [6, 6.07) is 11.5. The molecular formula is C13H19N. The lowest BCUT2D eigenvalue weighted by atomic mass is 10.0. The van der Waals surface area contributed by atoms with Gasteiger partial charge >= 0.3 is 0 Å². The van der Waals surface area contributed by atoms with Gasteiger partial charge in [0.05, 0.1) is 0 Å². The predicted molar refractivity (Wildman–Crippen MR) is 60.3 cm³/mol. The van der Waals surface area contributed by atoms with Crippen molar-refractivity contribution >= 4 is 0 Å². The Kier molecular flexibility index (Phi) is 3.20. The van der Waals surface area contributed by atoms with Gasteiger partial charge in [-0.2, -0.15) is 0 Å². The highest BCUT2D eigenvalue weighted by Crippen LogP contribution is 2.34. The molecule has 1 unspecified atom stereocenters. The molecule has 1 saturated carbocycles. The maximum Gasteiger partial charge on any atom is 0.00954 e. The second-order valence-corrected chi connectivity index (χ2v) is 4.26. The Morgan fingerprint density at radius 3 is 2.57 bits per heavy atom. The predicted octanol–water partition coefficient (Wildman–Crippen LogP) is 2.62.